The summed E-state index contributed by atoms with van der Waals surface area (Å²) in [5.41, 5.74) is 2.51. The summed E-state index contributed by atoms with van der Waals surface area (Å²) in [6, 6.07) is 17.8. The van der Waals surface area contributed by atoms with Crippen molar-refractivity contribution < 1.29 is 9.47 Å². The number of nitrogens with zero attached hydrogens (tertiary/aromatic N) is 5. The van der Waals surface area contributed by atoms with Gasteiger partial charge in [0.15, 0.2) is 5.82 Å². The average Bonchev–Trinajstić information content (AvgIpc) is 3.52. The first-order valence-corrected chi connectivity index (χ1v) is 11.5. The van der Waals surface area contributed by atoms with Gasteiger partial charge in [-0.2, -0.15) is 0 Å². The Morgan fingerprint density at radius 3 is 2.82 bits per heavy atom. The second kappa shape index (κ2) is 10.1. The number of aromatic nitrogens is 5. The van der Waals surface area contributed by atoms with Gasteiger partial charge < -0.3 is 14.5 Å². The predicted molar refractivity (Wildman–Crippen MR) is 127 cm³/mol. The number of hydrogen-bond donors (Lipinski definition) is 1. The van der Waals surface area contributed by atoms with Gasteiger partial charge in [0.05, 0.1) is 26.3 Å². The lowest BCUT2D eigenvalue weighted by Crippen LogP contribution is -2.29. The van der Waals surface area contributed by atoms with E-state index in [4.69, 9.17) is 9.47 Å². The number of fused-ring (bicyclic) bond motifs is 1. The molecule has 1 N–H and O–H groups in total. The van der Waals surface area contributed by atoms with Gasteiger partial charge in [0, 0.05) is 36.2 Å². The number of benzene rings is 2. The minimum absolute atomic E-state index is 0.102. The Labute approximate surface area is 197 Å². The van der Waals surface area contributed by atoms with E-state index in [2.05, 4.69) is 37.5 Å². The normalized spacial score (nSPS) is 15.9. The van der Waals surface area contributed by atoms with Crippen molar-refractivity contribution in [3.05, 3.63) is 81.9 Å². The molecule has 0 saturated carbocycles. The minimum atomic E-state index is -0.102. The maximum absolute atomic E-state index is 12.9. The van der Waals surface area contributed by atoms with Gasteiger partial charge in [-0.3, -0.25) is 9.69 Å². The average molecular weight is 461 g/mol. The van der Waals surface area contributed by atoms with Crippen LogP contribution >= 0.6 is 0 Å². The summed E-state index contributed by atoms with van der Waals surface area (Å²) >= 11 is 0. The quantitative estimate of drug-likeness (QED) is 0.410. The largest absolute Gasteiger partial charge is 0.497 e. The standard InChI is InChI=1S/C25H28N6O3/c1-33-21-9-10-23-19(13-21)12-20(25(32)26-23)15-30(14-18-6-3-2-4-7-18)17-24-27-28-29-31(24)16-22-8-5-11-34-22/h2-4,6-7,9-10,12-13,22H,5,8,11,14-17H2,1H3,(H,26,32)/t22-/m1/s1. The molecule has 0 amide bonds. The van der Waals surface area contributed by atoms with Crippen molar-refractivity contribution in [2.24, 2.45) is 0 Å². The van der Waals surface area contributed by atoms with E-state index in [-0.39, 0.29) is 11.7 Å². The van der Waals surface area contributed by atoms with E-state index in [0.717, 1.165) is 47.5 Å². The van der Waals surface area contributed by atoms with Crippen molar-refractivity contribution in [2.45, 2.75) is 45.1 Å². The fraction of sp³-hybridized carbons (Fsp3) is 0.360. The third-order valence-corrected chi connectivity index (χ3v) is 6.14. The first-order chi connectivity index (χ1) is 16.7. The molecule has 9 heteroatoms. The van der Waals surface area contributed by atoms with Crippen LogP contribution in [0, 0.1) is 0 Å². The van der Waals surface area contributed by atoms with Gasteiger partial charge in [0.25, 0.3) is 5.56 Å². The van der Waals surface area contributed by atoms with Crippen LogP contribution in [0.2, 0.25) is 0 Å². The van der Waals surface area contributed by atoms with Gasteiger partial charge in [0.2, 0.25) is 0 Å². The predicted octanol–water partition coefficient (Wildman–Crippen LogP) is 2.90. The summed E-state index contributed by atoms with van der Waals surface area (Å²) in [4.78, 5) is 18.1. The van der Waals surface area contributed by atoms with E-state index in [9.17, 15) is 4.79 Å². The Kier molecular flexibility index (Phi) is 6.64. The molecule has 2 aromatic carbocycles. The monoisotopic (exact) mass is 460 g/mol. The smallest absolute Gasteiger partial charge is 0.252 e. The van der Waals surface area contributed by atoms with E-state index >= 15 is 0 Å². The third-order valence-electron chi connectivity index (χ3n) is 6.14. The van der Waals surface area contributed by atoms with Crippen LogP contribution in [0.3, 0.4) is 0 Å². The molecule has 0 unspecified atom stereocenters. The summed E-state index contributed by atoms with van der Waals surface area (Å²) < 4.78 is 12.9. The lowest BCUT2D eigenvalue weighted by molar-refractivity contribution is 0.0914. The highest BCUT2D eigenvalue weighted by Crippen LogP contribution is 2.20. The molecular weight excluding hydrogens is 432 g/mol. The number of hydrogen-bond acceptors (Lipinski definition) is 7. The van der Waals surface area contributed by atoms with E-state index in [1.54, 1.807) is 7.11 Å². The molecule has 34 heavy (non-hydrogen) atoms. The number of nitrogens with one attached hydrogen (secondary N) is 1. The molecule has 2 aromatic heterocycles. The molecule has 0 aliphatic carbocycles. The summed E-state index contributed by atoms with van der Waals surface area (Å²) in [7, 11) is 1.64. The zero-order valence-corrected chi connectivity index (χ0v) is 19.2. The molecule has 1 saturated heterocycles. The molecule has 1 aliphatic heterocycles. The fourth-order valence-electron chi connectivity index (χ4n) is 4.38. The van der Waals surface area contributed by atoms with Gasteiger partial charge >= 0.3 is 0 Å². The second-order valence-corrected chi connectivity index (χ2v) is 8.62. The molecule has 5 rings (SSSR count). The highest BCUT2D eigenvalue weighted by atomic mass is 16.5. The summed E-state index contributed by atoms with van der Waals surface area (Å²) in [5.74, 6) is 1.50. The van der Waals surface area contributed by atoms with Crippen LogP contribution in [-0.4, -0.2) is 49.9 Å². The Morgan fingerprint density at radius 2 is 2.03 bits per heavy atom. The maximum atomic E-state index is 12.9. The SMILES string of the molecule is COc1ccc2[nH]c(=O)c(CN(Cc3ccccc3)Cc3nnnn3C[C@H]3CCCO3)cc2c1. The lowest BCUT2D eigenvalue weighted by atomic mass is 10.1. The highest BCUT2D eigenvalue weighted by Gasteiger charge is 2.20. The van der Waals surface area contributed by atoms with Gasteiger partial charge in [-0.25, -0.2) is 4.68 Å². The van der Waals surface area contributed by atoms with Crippen LogP contribution < -0.4 is 10.3 Å². The molecule has 0 bridgehead atoms. The van der Waals surface area contributed by atoms with Crippen molar-refractivity contribution >= 4 is 10.9 Å². The van der Waals surface area contributed by atoms with E-state index in [0.29, 0.717) is 31.7 Å². The van der Waals surface area contributed by atoms with Crippen molar-refractivity contribution in [1.82, 2.24) is 30.1 Å². The van der Waals surface area contributed by atoms with Crippen LogP contribution in [0.15, 0.2) is 59.4 Å². The number of ether oxygens (including phenoxy) is 2. The zero-order chi connectivity index (χ0) is 23.3. The first kappa shape index (κ1) is 22.2. The zero-order valence-electron chi connectivity index (χ0n) is 19.2. The number of H-pyrrole nitrogens is 1. The first-order valence-electron chi connectivity index (χ1n) is 11.5. The van der Waals surface area contributed by atoms with Crippen LogP contribution in [-0.2, 0) is 30.9 Å². The fourth-order valence-corrected chi connectivity index (χ4v) is 4.38. The Morgan fingerprint density at radius 1 is 1.15 bits per heavy atom. The second-order valence-electron chi connectivity index (χ2n) is 8.62. The Balaban J connectivity index is 1.42. The van der Waals surface area contributed by atoms with E-state index in [1.807, 2.05) is 47.1 Å². The lowest BCUT2D eigenvalue weighted by Gasteiger charge is -2.22. The van der Waals surface area contributed by atoms with Crippen LogP contribution in [0.4, 0.5) is 0 Å². The van der Waals surface area contributed by atoms with Crippen LogP contribution in [0.25, 0.3) is 10.9 Å². The molecule has 9 nitrogen and oxygen atoms in total. The Hall–Kier alpha value is -3.56. The number of tetrazole rings is 1. The van der Waals surface area contributed by atoms with Gasteiger partial charge in [-0.15, -0.1) is 5.10 Å². The van der Waals surface area contributed by atoms with Crippen LogP contribution in [0.5, 0.6) is 5.75 Å². The highest BCUT2D eigenvalue weighted by molar-refractivity contribution is 5.80. The van der Waals surface area contributed by atoms with Gasteiger partial charge in [-0.1, -0.05) is 30.3 Å². The maximum Gasteiger partial charge on any atom is 0.252 e. The third kappa shape index (κ3) is 5.16. The van der Waals surface area contributed by atoms with Crippen molar-refractivity contribution in [3.63, 3.8) is 0 Å². The summed E-state index contributed by atoms with van der Waals surface area (Å²) in [5, 5.41) is 13.3. The number of rotatable bonds is 9. The molecule has 176 valence electrons. The summed E-state index contributed by atoms with van der Waals surface area (Å²) in [6.07, 6.45) is 2.23. The van der Waals surface area contributed by atoms with E-state index in [1.165, 1.54) is 0 Å². The molecular formula is C25H28N6O3. The van der Waals surface area contributed by atoms with Crippen LogP contribution in [0.1, 0.15) is 29.8 Å². The molecule has 0 radical (unpaired) electrons. The topological polar surface area (TPSA) is 98.2 Å². The minimum Gasteiger partial charge on any atom is -0.497 e. The molecule has 1 aliphatic rings. The van der Waals surface area contributed by atoms with Crippen molar-refractivity contribution in [2.75, 3.05) is 13.7 Å². The van der Waals surface area contributed by atoms with Crippen molar-refractivity contribution in [1.29, 1.82) is 0 Å². The van der Waals surface area contributed by atoms with Gasteiger partial charge in [-0.05, 0) is 53.1 Å². The molecule has 4 aromatic rings. The molecule has 1 fully saturated rings. The number of methoxy groups -OCH3 is 1. The Bertz CT molecular complexity index is 1300. The summed E-state index contributed by atoms with van der Waals surface area (Å²) in [6.45, 7) is 3.03. The van der Waals surface area contributed by atoms with E-state index < -0.39 is 0 Å². The van der Waals surface area contributed by atoms with Gasteiger partial charge in [0.1, 0.15) is 5.75 Å². The number of pyridine rings is 1. The molecule has 1 atom stereocenters. The van der Waals surface area contributed by atoms with Crippen molar-refractivity contribution in [3.8, 4) is 5.75 Å². The number of aromatic amines is 1. The molecule has 3 heterocycles. The molecule has 0 spiro atoms.